The van der Waals surface area contributed by atoms with E-state index >= 15 is 0 Å². The second-order valence-electron chi connectivity index (χ2n) is 9.16. The van der Waals surface area contributed by atoms with Gasteiger partial charge in [-0.05, 0) is 62.5 Å². The van der Waals surface area contributed by atoms with Gasteiger partial charge < -0.3 is 20.1 Å². The van der Waals surface area contributed by atoms with Crippen molar-refractivity contribution in [2.24, 2.45) is 23.2 Å². The van der Waals surface area contributed by atoms with E-state index in [4.69, 9.17) is 9.47 Å². The summed E-state index contributed by atoms with van der Waals surface area (Å²) in [6.07, 6.45) is 5.58. The van der Waals surface area contributed by atoms with Gasteiger partial charge in [0.1, 0.15) is 0 Å². The van der Waals surface area contributed by atoms with Crippen LogP contribution in [0, 0.1) is 23.2 Å². The lowest BCUT2D eigenvalue weighted by molar-refractivity contribution is -0.171. The van der Waals surface area contributed by atoms with E-state index in [-0.39, 0.29) is 17.4 Å². The van der Waals surface area contributed by atoms with Crippen molar-refractivity contribution in [2.45, 2.75) is 50.8 Å². The lowest BCUT2D eigenvalue weighted by atomic mass is 9.48. The summed E-state index contributed by atoms with van der Waals surface area (Å²) < 4.78 is 11.1. The average Bonchev–Trinajstić information content (AvgIpc) is 2.71. The summed E-state index contributed by atoms with van der Waals surface area (Å²) in [5.41, 5.74) is 1.02. The van der Waals surface area contributed by atoms with Gasteiger partial charge in [0.05, 0.1) is 25.7 Å². The van der Waals surface area contributed by atoms with Crippen molar-refractivity contribution in [1.29, 1.82) is 0 Å². The maximum absolute atomic E-state index is 12.5. The summed E-state index contributed by atoms with van der Waals surface area (Å²) >= 11 is 0. The normalized spacial score (nSPS) is 34.4. The summed E-state index contributed by atoms with van der Waals surface area (Å²) in [7, 11) is 3.55. The number of carbonyl (C=O) groups excluding carboxylic acids is 1. The summed E-state index contributed by atoms with van der Waals surface area (Å²) in [4.78, 5) is 12.5. The number of benzene rings is 1. The van der Waals surface area contributed by atoms with Crippen LogP contribution in [0.4, 0.5) is 0 Å². The molecule has 5 heteroatoms. The third-order valence-corrected chi connectivity index (χ3v) is 7.33. The zero-order valence-electron chi connectivity index (χ0n) is 17.2. The molecular formula is C23H34N2O3. The monoisotopic (exact) mass is 386 g/mol. The van der Waals surface area contributed by atoms with E-state index in [9.17, 15) is 4.79 Å². The molecule has 4 aliphatic rings. The molecule has 4 saturated carbocycles. The fraction of sp³-hybridized carbons (Fsp3) is 0.696. The van der Waals surface area contributed by atoms with Gasteiger partial charge in [-0.2, -0.15) is 0 Å². The fourth-order valence-corrected chi connectivity index (χ4v) is 6.24. The molecule has 0 radical (unpaired) electrons. The zero-order chi connectivity index (χ0) is 19.6. The molecule has 0 aliphatic heterocycles. The van der Waals surface area contributed by atoms with Crippen molar-refractivity contribution in [2.75, 3.05) is 27.3 Å². The molecule has 2 N–H and O–H groups in total. The predicted octanol–water partition coefficient (Wildman–Crippen LogP) is 2.75. The number of nitrogens with one attached hydrogen (secondary N) is 2. The lowest BCUT2D eigenvalue weighted by Crippen LogP contribution is -2.61. The number of likely N-dealkylation sites (N-methyl/N-ethyl adjacent to an activating group) is 1. The Bertz CT molecular complexity index is 649. The maximum atomic E-state index is 12.5. The summed E-state index contributed by atoms with van der Waals surface area (Å²) in [5, 5.41) is 7.23. The highest BCUT2D eigenvalue weighted by Crippen LogP contribution is 2.60. The highest BCUT2D eigenvalue weighted by Gasteiger charge is 2.58. The minimum Gasteiger partial charge on any atom is -0.469 e. The lowest BCUT2D eigenvalue weighted by Gasteiger charge is -2.59. The molecule has 3 atom stereocenters. The largest absolute Gasteiger partial charge is 0.469 e. The van der Waals surface area contributed by atoms with Crippen molar-refractivity contribution in [3.05, 3.63) is 35.9 Å². The minimum atomic E-state index is -0.190. The smallest absolute Gasteiger partial charge is 0.311 e. The highest BCUT2D eigenvalue weighted by molar-refractivity contribution is 5.77. The maximum Gasteiger partial charge on any atom is 0.311 e. The van der Waals surface area contributed by atoms with Crippen molar-refractivity contribution in [3.63, 3.8) is 0 Å². The molecule has 1 aromatic rings. The van der Waals surface area contributed by atoms with Gasteiger partial charge >= 0.3 is 5.97 Å². The van der Waals surface area contributed by atoms with Gasteiger partial charge in [0, 0.05) is 18.6 Å². The molecule has 4 bridgehead atoms. The third kappa shape index (κ3) is 3.98. The molecule has 0 saturated heterocycles. The Balaban J connectivity index is 1.28. The molecule has 5 nitrogen and oxygen atoms in total. The number of rotatable bonds is 9. The summed E-state index contributed by atoms with van der Waals surface area (Å²) in [6.45, 7) is 2.24. The van der Waals surface area contributed by atoms with Gasteiger partial charge in [0.25, 0.3) is 0 Å². The van der Waals surface area contributed by atoms with Crippen LogP contribution in [0.3, 0.4) is 0 Å². The Labute approximate surface area is 168 Å². The van der Waals surface area contributed by atoms with E-state index in [1.54, 1.807) is 7.11 Å². The molecule has 0 aromatic heterocycles. The Hall–Kier alpha value is -1.43. The first kappa shape index (κ1) is 19.9. The van der Waals surface area contributed by atoms with Gasteiger partial charge in [0.2, 0.25) is 0 Å². The molecular weight excluding hydrogens is 352 g/mol. The van der Waals surface area contributed by atoms with Crippen LogP contribution in [-0.2, 0) is 20.9 Å². The first-order chi connectivity index (χ1) is 13.6. The standard InChI is InChI=1S/C23H34N2O3/c1-24-20(15-28-14-16-6-4-3-5-7-16)13-25-21-18-8-17-9-19(21)12-23(10-17,11-18)22(26)27-2/h3-7,17-21,24-25H,8-15H2,1-2H3. The first-order valence-electron chi connectivity index (χ1n) is 10.7. The quantitative estimate of drug-likeness (QED) is 0.639. The Morgan fingerprint density at radius 1 is 1.18 bits per heavy atom. The average molecular weight is 387 g/mol. The predicted molar refractivity (Wildman–Crippen MR) is 109 cm³/mol. The van der Waals surface area contributed by atoms with Crippen molar-refractivity contribution in [3.8, 4) is 0 Å². The van der Waals surface area contributed by atoms with Crippen LogP contribution in [0.25, 0.3) is 0 Å². The topological polar surface area (TPSA) is 59.6 Å². The van der Waals surface area contributed by atoms with Crippen LogP contribution in [0.5, 0.6) is 0 Å². The number of hydrogen-bond donors (Lipinski definition) is 2. The Morgan fingerprint density at radius 2 is 1.89 bits per heavy atom. The Kier molecular flexibility index (Phi) is 6.04. The van der Waals surface area contributed by atoms with E-state index in [2.05, 4.69) is 22.8 Å². The Morgan fingerprint density at radius 3 is 2.54 bits per heavy atom. The van der Waals surface area contributed by atoms with Gasteiger partial charge in [-0.15, -0.1) is 0 Å². The van der Waals surface area contributed by atoms with Gasteiger partial charge in [-0.25, -0.2) is 0 Å². The van der Waals surface area contributed by atoms with Crippen molar-refractivity contribution >= 4 is 5.97 Å². The van der Waals surface area contributed by atoms with Crippen LogP contribution >= 0.6 is 0 Å². The van der Waals surface area contributed by atoms with E-state index in [0.29, 0.717) is 37.0 Å². The van der Waals surface area contributed by atoms with Crippen LogP contribution in [0.1, 0.15) is 37.7 Å². The second kappa shape index (κ2) is 8.52. The molecule has 28 heavy (non-hydrogen) atoms. The molecule has 5 rings (SSSR count). The second-order valence-corrected chi connectivity index (χ2v) is 9.16. The highest BCUT2D eigenvalue weighted by atomic mass is 16.5. The number of esters is 1. The fourth-order valence-electron chi connectivity index (χ4n) is 6.24. The molecule has 0 heterocycles. The van der Waals surface area contributed by atoms with Crippen LogP contribution in [-0.4, -0.2) is 45.4 Å². The third-order valence-electron chi connectivity index (χ3n) is 7.33. The summed E-state index contributed by atoms with van der Waals surface area (Å²) in [6, 6.07) is 11.1. The van der Waals surface area contributed by atoms with Gasteiger partial charge in [-0.1, -0.05) is 30.3 Å². The molecule has 0 spiro atoms. The van der Waals surface area contributed by atoms with Crippen LogP contribution in [0.15, 0.2) is 30.3 Å². The van der Waals surface area contributed by atoms with Crippen molar-refractivity contribution < 1.29 is 14.3 Å². The van der Waals surface area contributed by atoms with Gasteiger partial charge in [0.15, 0.2) is 0 Å². The van der Waals surface area contributed by atoms with Crippen molar-refractivity contribution in [1.82, 2.24) is 10.6 Å². The number of hydrogen-bond acceptors (Lipinski definition) is 5. The number of methoxy groups -OCH3 is 1. The molecule has 154 valence electrons. The van der Waals surface area contributed by atoms with Crippen LogP contribution < -0.4 is 10.6 Å². The van der Waals surface area contributed by atoms with E-state index < -0.39 is 0 Å². The van der Waals surface area contributed by atoms with E-state index in [1.807, 2.05) is 25.2 Å². The van der Waals surface area contributed by atoms with E-state index in [0.717, 1.165) is 25.8 Å². The first-order valence-corrected chi connectivity index (χ1v) is 10.7. The number of carbonyl (C=O) groups is 1. The summed E-state index contributed by atoms with van der Waals surface area (Å²) in [5.74, 6) is 1.96. The molecule has 1 aromatic carbocycles. The molecule has 4 aliphatic carbocycles. The van der Waals surface area contributed by atoms with Crippen LogP contribution in [0.2, 0.25) is 0 Å². The van der Waals surface area contributed by atoms with Gasteiger partial charge in [-0.3, -0.25) is 4.79 Å². The molecule has 0 amide bonds. The molecule has 4 fully saturated rings. The minimum absolute atomic E-state index is 0.0350. The number of ether oxygens (including phenoxy) is 2. The SMILES string of the molecule is CNC(CNC1C2CC3CC1CC(C(=O)OC)(C3)C2)COCc1ccccc1. The van der Waals surface area contributed by atoms with E-state index in [1.165, 1.54) is 18.4 Å². The zero-order valence-corrected chi connectivity index (χ0v) is 17.2. The molecule has 3 unspecified atom stereocenters.